The predicted molar refractivity (Wildman–Crippen MR) is 72.0 cm³/mol. The second kappa shape index (κ2) is 6.49. The molecule has 2 N–H and O–H groups in total. The molecule has 0 aromatic carbocycles. The summed E-state index contributed by atoms with van der Waals surface area (Å²) >= 11 is 3.13. The molecule has 6 heteroatoms. The fourth-order valence-electron chi connectivity index (χ4n) is 1.43. The molecule has 0 spiro atoms. The highest BCUT2D eigenvalue weighted by Crippen LogP contribution is 2.25. The molecule has 0 radical (unpaired) electrons. The summed E-state index contributed by atoms with van der Waals surface area (Å²) in [5.41, 5.74) is 0. The summed E-state index contributed by atoms with van der Waals surface area (Å²) in [6.45, 7) is 2.85. The first-order chi connectivity index (χ1) is 7.31. The Morgan fingerprint density at radius 1 is 1.69 bits per heavy atom. The maximum Gasteiger partial charge on any atom is 0.262 e. The van der Waals surface area contributed by atoms with Gasteiger partial charge in [-0.3, -0.25) is 4.79 Å². The minimum atomic E-state index is 0. The minimum Gasteiger partial charge on any atom is -0.351 e. The molecule has 1 aliphatic rings. The second-order valence-electron chi connectivity index (χ2n) is 3.55. The first kappa shape index (κ1) is 13.8. The molecule has 2 rings (SSSR count). The molecule has 2 heterocycles. The molecule has 1 aromatic rings. The Kier molecular flexibility index (Phi) is 5.61. The number of hydrogen-bond acceptors (Lipinski definition) is 4. The maximum absolute atomic E-state index is 11.8. The standard InChI is InChI=1S/C10H14N2OS2.ClH/c1-14-8-2-3-15-9(8)10(13)12-6-7-4-11-5-7;/h2-3,7,11H,4-6H2,1H3,(H,12,13);1H. The third-order valence-corrected chi connectivity index (χ3v) is 4.29. The van der Waals surface area contributed by atoms with E-state index < -0.39 is 0 Å². The summed E-state index contributed by atoms with van der Waals surface area (Å²) in [5.74, 6) is 0.688. The third kappa shape index (κ3) is 3.13. The molecule has 1 saturated heterocycles. The molecular formula is C10H15ClN2OS2. The van der Waals surface area contributed by atoms with Crippen molar-refractivity contribution >= 4 is 41.4 Å². The predicted octanol–water partition coefficient (Wildman–Crippen LogP) is 1.84. The van der Waals surface area contributed by atoms with Crippen molar-refractivity contribution < 1.29 is 4.79 Å². The molecule has 1 fully saturated rings. The van der Waals surface area contributed by atoms with Gasteiger partial charge < -0.3 is 10.6 Å². The summed E-state index contributed by atoms with van der Waals surface area (Å²) in [6.07, 6.45) is 1.99. The van der Waals surface area contributed by atoms with Crippen molar-refractivity contribution in [2.75, 3.05) is 25.9 Å². The normalized spacial score (nSPS) is 15.1. The number of hydrogen-bond donors (Lipinski definition) is 2. The van der Waals surface area contributed by atoms with Gasteiger partial charge in [0.1, 0.15) is 4.88 Å². The van der Waals surface area contributed by atoms with E-state index in [1.807, 2.05) is 17.7 Å². The van der Waals surface area contributed by atoms with Crippen molar-refractivity contribution in [1.29, 1.82) is 0 Å². The number of carbonyl (C=O) groups excluding carboxylic acids is 1. The van der Waals surface area contributed by atoms with Crippen LogP contribution in [0.3, 0.4) is 0 Å². The lowest BCUT2D eigenvalue weighted by atomic mass is 10.0. The minimum absolute atomic E-state index is 0. The van der Waals surface area contributed by atoms with Gasteiger partial charge in [-0.2, -0.15) is 0 Å². The van der Waals surface area contributed by atoms with Gasteiger partial charge >= 0.3 is 0 Å². The summed E-state index contributed by atoms with van der Waals surface area (Å²) < 4.78 is 0. The highest BCUT2D eigenvalue weighted by atomic mass is 35.5. The first-order valence-corrected chi connectivity index (χ1v) is 7.02. The molecule has 0 atom stereocenters. The quantitative estimate of drug-likeness (QED) is 0.826. The lowest BCUT2D eigenvalue weighted by Gasteiger charge is -2.26. The van der Waals surface area contributed by atoms with E-state index in [1.165, 1.54) is 11.3 Å². The Morgan fingerprint density at radius 3 is 3.00 bits per heavy atom. The molecule has 90 valence electrons. The van der Waals surface area contributed by atoms with Gasteiger partial charge in [-0.1, -0.05) is 0 Å². The van der Waals surface area contributed by atoms with E-state index in [0.29, 0.717) is 5.92 Å². The number of rotatable bonds is 4. The Balaban J connectivity index is 0.00000128. The zero-order valence-electron chi connectivity index (χ0n) is 8.99. The van der Waals surface area contributed by atoms with Gasteiger partial charge in [0.25, 0.3) is 5.91 Å². The van der Waals surface area contributed by atoms with E-state index in [-0.39, 0.29) is 18.3 Å². The van der Waals surface area contributed by atoms with E-state index in [2.05, 4.69) is 10.6 Å². The van der Waals surface area contributed by atoms with Gasteiger partial charge in [0.05, 0.1) is 0 Å². The van der Waals surface area contributed by atoms with Crippen LogP contribution in [0.5, 0.6) is 0 Å². The number of thioether (sulfide) groups is 1. The zero-order chi connectivity index (χ0) is 10.7. The molecule has 0 unspecified atom stereocenters. The fraction of sp³-hybridized carbons (Fsp3) is 0.500. The molecule has 1 aliphatic heterocycles. The molecule has 0 saturated carbocycles. The van der Waals surface area contributed by atoms with E-state index in [0.717, 1.165) is 29.4 Å². The molecule has 0 aliphatic carbocycles. The van der Waals surface area contributed by atoms with Crippen molar-refractivity contribution in [1.82, 2.24) is 10.6 Å². The van der Waals surface area contributed by atoms with Crippen LogP contribution >= 0.6 is 35.5 Å². The zero-order valence-corrected chi connectivity index (χ0v) is 11.4. The summed E-state index contributed by atoms with van der Waals surface area (Å²) in [5, 5.41) is 8.13. The number of nitrogens with one attached hydrogen (secondary N) is 2. The summed E-state index contributed by atoms with van der Waals surface area (Å²) in [6, 6.07) is 2.00. The van der Waals surface area contributed by atoms with Crippen LogP contribution in [-0.2, 0) is 0 Å². The second-order valence-corrected chi connectivity index (χ2v) is 5.32. The Hall–Kier alpha value is -0.230. The van der Waals surface area contributed by atoms with E-state index in [1.54, 1.807) is 11.8 Å². The smallest absolute Gasteiger partial charge is 0.262 e. The first-order valence-electron chi connectivity index (χ1n) is 4.91. The average Bonchev–Trinajstić information content (AvgIpc) is 2.62. The number of amides is 1. The van der Waals surface area contributed by atoms with Gasteiger partial charge in [-0.25, -0.2) is 0 Å². The van der Waals surface area contributed by atoms with Gasteiger partial charge in [0, 0.05) is 30.4 Å². The van der Waals surface area contributed by atoms with Crippen LogP contribution in [0, 0.1) is 5.92 Å². The molecule has 3 nitrogen and oxygen atoms in total. The van der Waals surface area contributed by atoms with Crippen molar-refractivity contribution in [3.63, 3.8) is 0 Å². The van der Waals surface area contributed by atoms with Crippen molar-refractivity contribution in [3.05, 3.63) is 16.3 Å². The lowest BCUT2D eigenvalue weighted by Crippen LogP contribution is -2.48. The summed E-state index contributed by atoms with van der Waals surface area (Å²) in [4.78, 5) is 13.7. The summed E-state index contributed by atoms with van der Waals surface area (Å²) in [7, 11) is 0. The third-order valence-electron chi connectivity index (χ3n) is 2.47. The average molecular weight is 279 g/mol. The van der Waals surface area contributed by atoms with Crippen LogP contribution in [0.1, 0.15) is 9.67 Å². The van der Waals surface area contributed by atoms with E-state index in [4.69, 9.17) is 0 Å². The van der Waals surface area contributed by atoms with Crippen molar-refractivity contribution in [2.45, 2.75) is 4.90 Å². The molecule has 1 amide bonds. The van der Waals surface area contributed by atoms with Crippen LogP contribution < -0.4 is 10.6 Å². The highest BCUT2D eigenvalue weighted by Gasteiger charge is 2.19. The van der Waals surface area contributed by atoms with Crippen molar-refractivity contribution in [2.24, 2.45) is 5.92 Å². The van der Waals surface area contributed by atoms with Gasteiger partial charge in [0.15, 0.2) is 0 Å². The largest absolute Gasteiger partial charge is 0.351 e. The lowest BCUT2D eigenvalue weighted by molar-refractivity contribution is 0.0943. The Bertz CT molecular complexity index is 352. The van der Waals surface area contributed by atoms with Crippen LogP contribution in [0.25, 0.3) is 0 Å². The number of carbonyl (C=O) groups is 1. The van der Waals surface area contributed by atoms with Crippen molar-refractivity contribution in [3.8, 4) is 0 Å². The van der Waals surface area contributed by atoms with Crippen LogP contribution in [0.4, 0.5) is 0 Å². The van der Waals surface area contributed by atoms with Gasteiger partial charge in [-0.15, -0.1) is 35.5 Å². The van der Waals surface area contributed by atoms with Crippen LogP contribution in [0.15, 0.2) is 16.3 Å². The van der Waals surface area contributed by atoms with E-state index in [9.17, 15) is 4.79 Å². The Labute approximate surface area is 110 Å². The molecule has 16 heavy (non-hydrogen) atoms. The topological polar surface area (TPSA) is 41.1 Å². The number of thiophene rings is 1. The maximum atomic E-state index is 11.8. The Morgan fingerprint density at radius 2 is 2.44 bits per heavy atom. The number of halogens is 1. The molecule has 1 aromatic heterocycles. The highest BCUT2D eigenvalue weighted by molar-refractivity contribution is 7.98. The monoisotopic (exact) mass is 278 g/mol. The van der Waals surface area contributed by atoms with Crippen LogP contribution in [-0.4, -0.2) is 31.8 Å². The van der Waals surface area contributed by atoms with Gasteiger partial charge in [0.2, 0.25) is 0 Å². The van der Waals surface area contributed by atoms with Gasteiger partial charge in [-0.05, 0) is 17.7 Å². The molecule has 0 bridgehead atoms. The SMILES string of the molecule is CSc1ccsc1C(=O)NCC1CNC1.Cl. The fourth-order valence-corrected chi connectivity index (χ4v) is 3.10. The van der Waals surface area contributed by atoms with E-state index >= 15 is 0 Å². The molecular weight excluding hydrogens is 264 g/mol. The van der Waals surface area contributed by atoms with Crippen LogP contribution in [0.2, 0.25) is 0 Å².